The highest BCUT2D eigenvalue weighted by atomic mass is 35.5. The van der Waals surface area contributed by atoms with Crippen LogP contribution in [0.5, 0.6) is 0 Å². The van der Waals surface area contributed by atoms with E-state index in [1.165, 1.54) is 0 Å². The fraction of sp³-hybridized carbons (Fsp3) is 0.632. The van der Waals surface area contributed by atoms with Crippen LogP contribution in [0.25, 0.3) is 0 Å². The number of nitrogens with one attached hydrogen (secondary N) is 1. The summed E-state index contributed by atoms with van der Waals surface area (Å²) in [6, 6.07) is 5.59. The molecule has 0 aliphatic carbocycles. The van der Waals surface area contributed by atoms with Crippen molar-refractivity contribution in [3.8, 4) is 0 Å². The molecule has 1 heterocycles. The molecule has 2 rings (SSSR count). The SMILES string of the molecule is CC(C)OCCCNC(=O)[C@@H]1CCCN(Cc2ccc(Cl)cc2Cl)C1. The van der Waals surface area contributed by atoms with Gasteiger partial charge in [-0.25, -0.2) is 0 Å². The largest absolute Gasteiger partial charge is 0.379 e. The molecule has 1 aromatic carbocycles. The second-order valence-electron chi connectivity index (χ2n) is 6.87. The molecule has 1 aromatic rings. The number of ether oxygens (including phenoxy) is 1. The van der Waals surface area contributed by atoms with Gasteiger partial charge in [-0.15, -0.1) is 0 Å². The first kappa shape index (κ1) is 20.5. The van der Waals surface area contributed by atoms with Crippen molar-refractivity contribution < 1.29 is 9.53 Å². The Kier molecular flexibility index (Phi) is 8.50. The molecule has 4 nitrogen and oxygen atoms in total. The molecule has 6 heteroatoms. The van der Waals surface area contributed by atoms with Gasteiger partial charge in [0.2, 0.25) is 5.91 Å². The molecule has 140 valence electrons. The maximum atomic E-state index is 12.4. The number of carbonyl (C=O) groups excluding carboxylic acids is 1. The summed E-state index contributed by atoms with van der Waals surface area (Å²) in [5.74, 6) is 0.197. The molecule has 1 atom stereocenters. The first-order valence-electron chi connectivity index (χ1n) is 9.01. The van der Waals surface area contributed by atoms with E-state index in [0.29, 0.717) is 23.2 Å². The summed E-state index contributed by atoms with van der Waals surface area (Å²) in [7, 11) is 0. The molecule has 25 heavy (non-hydrogen) atoms. The zero-order valence-electron chi connectivity index (χ0n) is 15.1. The van der Waals surface area contributed by atoms with Crippen molar-refractivity contribution in [1.29, 1.82) is 0 Å². The third-order valence-electron chi connectivity index (χ3n) is 4.36. The zero-order chi connectivity index (χ0) is 18.2. The normalized spacial score (nSPS) is 18.5. The second kappa shape index (κ2) is 10.4. The van der Waals surface area contributed by atoms with Crippen molar-refractivity contribution >= 4 is 29.1 Å². The van der Waals surface area contributed by atoms with Gasteiger partial charge in [0, 0.05) is 36.3 Å². The van der Waals surface area contributed by atoms with Gasteiger partial charge in [0.25, 0.3) is 0 Å². The van der Waals surface area contributed by atoms with Crippen LogP contribution in [0.1, 0.15) is 38.7 Å². The van der Waals surface area contributed by atoms with Crippen LogP contribution in [-0.2, 0) is 16.1 Å². The molecule has 0 radical (unpaired) electrons. The minimum Gasteiger partial charge on any atom is -0.379 e. The third-order valence-corrected chi connectivity index (χ3v) is 4.94. The fourth-order valence-electron chi connectivity index (χ4n) is 3.05. The Morgan fingerprint density at radius 1 is 1.40 bits per heavy atom. The molecule has 1 fully saturated rings. The number of rotatable bonds is 8. The molecule has 0 bridgehead atoms. The molecule has 0 saturated carbocycles. The van der Waals surface area contributed by atoms with Crippen LogP contribution < -0.4 is 5.32 Å². The summed E-state index contributed by atoms with van der Waals surface area (Å²) < 4.78 is 5.49. The predicted octanol–water partition coefficient (Wildman–Crippen LogP) is 4.14. The van der Waals surface area contributed by atoms with E-state index in [9.17, 15) is 4.79 Å². The minimum atomic E-state index is 0.0471. The van der Waals surface area contributed by atoms with Crippen LogP contribution in [0.2, 0.25) is 10.0 Å². The number of piperidine rings is 1. The Morgan fingerprint density at radius 3 is 2.92 bits per heavy atom. The van der Waals surface area contributed by atoms with E-state index in [-0.39, 0.29) is 17.9 Å². The lowest BCUT2D eigenvalue weighted by molar-refractivity contribution is -0.126. The van der Waals surface area contributed by atoms with Gasteiger partial charge in [-0.3, -0.25) is 9.69 Å². The molecule has 1 saturated heterocycles. The Hall–Kier alpha value is -0.810. The lowest BCUT2D eigenvalue weighted by Gasteiger charge is -2.32. The van der Waals surface area contributed by atoms with Crippen molar-refractivity contribution in [2.75, 3.05) is 26.2 Å². The Balaban J connectivity index is 1.76. The highest BCUT2D eigenvalue weighted by molar-refractivity contribution is 6.35. The smallest absolute Gasteiger partial charge is 0.224 e. The van der Waals surface area contributed by atoms with Crippen LogP contribution in [0.15, 0.2) is 18.2 Å². The lowest BCUT2D eigenvalue weighted by atomic mass is 9.96. The van der Waals surface area contributed by atoms with E-state index in [0.717, 1.165) is 44.5 Å². The monoisotopic (exact) mass is 386 g/mol. The molecular weight excluding hydrogens is 359 g/mol. The van der Waals surface area contributed by atoms with E-state index >= 15 is 0 Å². The van der Waals surface area contributed by atoms with Crippen LogP contribution in [0.3, 0.4) is 0 Å². The van der Waals surface area contributed by atoms with Crippen LogP contribution >= 0.6 is 23.2 Å². The van der Waals surface area contributed by atoms with Gasteiger partial charge in [0.05, 0.1) is 12.0 Å². The number of carbonyl (C=O) groups is 1. The topological polar surface area (TPSA) is 41.6 Å². The average Bonchev–Trinajstić information content (AvgIpc) is 2.57. The average molecular weight is 387 g/mol. The molecule has 1 aliphatic heterocycles. The van der Waals surface area contributed by atoms with Gasteiger partial charge in [-0.05, 0) is 57.4 Å². The van der Waals surface area contributed by atoms with Crippen molar-refractivity contribution in [3.05, 3.63) is 33.8 Å². The van der Waals surface area contributed by atoms with Gasteiger partial charge >= 0.3 is 0 Å². The quantitative estimate of drug-likeness (QED) is 0.682. The number of hydrogen-bond acceptors (Lipinski definition) is 3. The van der Waals surface area contributed by atoms with Gasteiger partial charge in [-0.2, -0.15) is 0 Å². The van der Waals surface area contributed by atoms with Crippen LogP contribution in [0.4, 0.5) is 0 Å². The predicted molar refractivity (Wildman–Crippen MR) is 103 cm³/mol. The maximum absolute atomic E-state index is 12.4. The summed E-state index contributed by atoms with van der Waals surface area (Å²) >= 11 is 12.2. The zero-order valence-corrected chi connectivity index (χ0v) is 16.6. The number of likely N-dealkylation sites (tertiary alicyclic amines) is 1. The maximum Gasteiger partial charge on any atom is 0.224 e. The van der Waals surface area contributed by atoms with Crippen molar-refractivity contribution in [2.45, 2.75) is 45.8 Å². The van der Waals surface area contributed by atoms with Gasteiger partial charge in [-0.1, -0.05) is 29.3 Å². The van der Waals surface area contributed by atoms with Gasteiger partial charge in [0.15, 0.2) is 0 Å². The lowest BCUT2D eigenvalue weighted by Crippen LogP contribution is -2.43. The summed E-state index contributed by atoms with van der Waals surface area (Å²) in [4.78, 5) is 14.7. The molecule has 1 N–H and O–H groups in total. The van der Waals surface area contributed by atoms with Crippen molar-refractivity contribution in [1.82, 2.24) is 10.2 Å². The van der Waals surface area contributed by atoms with Gasteiger partial charge < -0.3 is 10.1 Å². The molecule has 1 aliphatic rings. The Labute approximate surface area is 160 Å². The molecular formula is C19H28Cl2N2O2. The highest BCUT2D eigenvalue weighted by Crippen LogP contribution is 2.25. The van der Waals surface area contributed by atoms with E-state index in [1.807, 2.05) is 26.0 Å². The summed E-state index contributed by atoms with van der Waals surface area (Å²) in [5.41, 5.74) is 1.05. The Bertz CT molecular complexity index is 566. The standard InChI is InChI=1S/C19H28Cl2N2O2/c1-14(2)25-10-4-8-22-19(24)16-5-3-9-23(13-16)12-15-6-7-17(20)11-18(15)21/h6-7,11,14,16H,3-5,8-10,12-13H2,1-2H3,(H,22,24)/t16-/m1/s1. The Morgan fingerprint density at radius 2 is 2.20 bits per heavy atom. The highest BCUT2D eigenvalue weighted by Gasteiger charge is 2.25. The molecule has 0 aromatic heterocycles. The number of halogens is 2. The summed E-state index contributed by atoms with van der Waals surface area (Å²) in [5, 5.41) is 4.37. The first-order valence-corrected chi connectivity index (χ1v) is 9.77. The van der Waals surface area contributed by atoms with Crippen LogP contribution in [-0.4, -0.2) is 43.2 Å². The second-order valence-corrected chi connectivity index (χ2v) is 7.72. The molecule has 0 unspecified atom stereocenters. The number of amides is 1. The van der Waals surface area contributed by atoms with E-state index in [4.69, 9.17) is 27.9 Å². The fourth-order valence-corrected chi connectivity index (χ4v) is 3.52. The van der Waals surface area contributed by atoms with Crippen LogP contribution in [0, 0.1) is 5.92 Å². The summed E-state index contributed by atoms with van der Waals surface area (Å²) in [6.45, 7) is 7.90. The van der Waals surface area contributed by atoms with Crippen molar-refractivity contribution in [2.24, 2.45) is 5.92 Å². The minimum absolute atomic E-state index is 0.0471. The summed E-state index contributed by atoms with van der Waals surface area (Å²) in [6.07, 6.45) is 3.06. The molecule has 0 spiro atoms. The van der Waals surface area contributed by atoms with E-state index < -0.39 is 0 Å². The first-order chi connectivity index (χ1) is 12.0. The number of nitrogens with zero attached hydrogens (tertiary/aromatic N) is 1. The number of hydrogen-bond donors (Lipinski definition) is 1. The van der Waals surface area contributed by atoms with E-state index in [2.05, 4.69) is 10.2 Å². The van der Waals surface area contributed by atoms with Crippen molar-refractivity contribution in [3.63, 3.8) is 0 Å². The third kappa shape index (κ3) is 7.14. The van der Waals surface area contributed by atoms with Gasteiger partial charge in [0.1, 0.15) is 0 Å². The number of benzene rings is 1. The molecule has 1 amide bonds. The van der Waals surface area contributed by atoms with E-state index in [1.54, 1.807) is 6.07 Å².